The summed E-state index contributed by atoms with van der Waals surface area (Å²) in [4.78, 5) is 0. The molecule has 1 aliphatic rings. The van der Waals surface area contributed by atoms with Gasteiger partial charge in [0.1, 0.15) is 0 Å². The van der Waals surface area contributed by atoms with Crippen molar-refractivity contribution in [3.8, 4) is 0 Å². The molecule has 1 saturated heterocycles. The van der Waals surface area contributed by atoms with Gasteiger partial charge in [-0.25, -0.2) is 0 Å². The molecule has 1 nitrogen and oxygen atoms in total. The van der Waals surface area contributed by atoms with Crippen molar-refractivity contribution in [2.45, 2.75) is 26.3 Å². The molecule has 76 valence electrons. The molecular formula is C10H18ClNS. The second-order valence-corrected chi connectivity index (χ2v) is 6.04. The lowest BCUT2D eigenvalue weighted by atomic mass is 9.88. The standard InChI is InChI=1S/C10H18ClNS/c1-8(11)5-12-9-4-10(2,3)7-13-6-9/h9,12H,1,4-7H2,2-3H3. The third-order valence-corrected chi connectivity index (χ3v) is 3.95. The van der Waals surface area contributed by atoms with E-state index in [9.17, 15) is 0 Å². The van der Waals surface area contributed by atoms with E-state index < -0.39 is 0 Å². The van der Waals surface area contributed by atoms with E-state index in [0.29, 0.717) is 16.5 Å². The van der Waals surface area contributed by atoms with Gasteiger partial charge >= 0.3 is 0 Å². The molecule has 0 amide bonds. The summed E-state index contributed by atoms with van der Waals surface area (Å²) in [6.45, 7) is 9.06. The fraction of sp³-hybridized carbons (Fsp3) is 0.800. The summed E-state index contributed by atoms with van der Waals surface area (Å²) >= 11 is 7.73. The molecule has 1 aliphatic heterocycles. The van der Waals surface area contributed by atoms with Crippen LogP contribution in [0.5, 0.6) is 0 Å². The second kappa shape index (κ2) is 4.72. The molecule has 0 saturated carbocycles. The Hall–Kier alpha value is 0.340. The van der Waals surface area contributed by atoms with Gasteiger partial charge in [-0.1, -0.05) is 32.0 Å². The summed E-state index contributed by atoms with van der Waals surface area (Å²) in [6, 6.07) is 0.601. The summed E-state index contributed by atoms with van der Waals surface area (Å²) in [6.07, 6.45) is 1.24. The Balaban J connectivity index is 2.30. The average molecular weight is 220 g/mol. The lowest BCUT2D eigenvalue weighted by Gasteiger charge is -2.35. The molecule has 0 spiro atoms. The highest BCUT2D eigenvalue weighted by atomic mass is 35.5. The maximum absolute atomic E-state index is 5.70. The Morgan fingerprint density at radius 1 is 1.69 bits per heavy atom. The van der Waals surface area contributed by atoms with Gasteiger partial charge in [-0.15, -0.1) is 0 Å². The van der Waals surface area contributed by atoms with Gasteiger partial charge in [0.25, 0.3) is 0 Å². The van der Waals surface area contributed by atoms with Gasteiger partial charge in [0, 0.05) is 23.4 Å². The fourth-order valence-electron chi connectivity index (χ4n) is 1.65. The molecule has 1 heterocycles. The van der Waals surface area contributed by atoms with Gasteiger partial charge in [0.05, 0.1) is 0 Å². The zero-order chi connectivity index (χ0) is 9.90. The third kappa shape index (κ3) is 4.39. The summed E-state index contributed by atoms with van der Waals surface area (Å²) < 4.78 is 0. The first-order valence-corrected chi connectivity index (χ1v) is 6.17. The molecule has 0 radical (unpaired) electrons. The molecule has 1 unspecified atom stereocenters. The van der Waals surface area contributed by atoms with Crippen molar-refractivity contribution in [3.63, 3.8) is 0 Å². The van der Waals surface area contributed by atoms with Crippen LogP contribution in [0.25, 0.3) is 0 Å². The average Bonchev–Trinajstić information content (AvgIpc) is 1.99. The molecular weight excluding hydrogens is 202 g/mol. The Kier molecular flexibility index (Phi) is 4.14. The van der Waals surface area contributed by atoms with E-state index in [1.165, 1.54) is 17.9 Å². The van der Waals surface area contributed by atoms with Crippen LogP contribution in [0.2, 0.25) is 0 Å². The SMILES string of the molecule is C=C(Cl)CNC1CSCC(C)(C)C1. The Bertz CT molecular complexity index is 191. The van der Waals surface area contributed by atoms with Gasteiger partial charge in [-0.2, -0.15) is 11.8 Å². The highest BCUT2D eigenvalue weighted by Crippen LogP contribution is 2.33. The molecule has 0 aromatic heterocycles. The normalized spacial score (nSPS) is 27.2. The van der Waals surface area contributed by atoms with Gasteiger partial charge in [0.15, 0.2) is 0 Å². The maximum Gasteiger partial charge on any atom is 0.0310 e. The van der Waals surface area contributed by atoms with Gasteiger partial charge < -0.3 is 5.32 Å². The predicted molar refractivity (Wildman–Crippen MR) is 62.5 cm³/mol. The third-order valence-electron chi connectivity index (χ3n) is 2.19. The molecule has 1 rings (SSSR count). The van der Waals surface area contributed by atoms with E-state index in [0.717, 1.165) is 6.54 Å². The van der Waals surface area contributed by atoms with Crippen LogP contribution in [0.3, 0.4) is 0 Å². The van der Waals surface area contributed by atoms with E-state index in [4.69, 9.17) is 11.6 Å². The predicted octanol–water partition coefficient (Wildman–Crippen LogP) is 2.86. The molecule has 0 bridgehead atoms. The van der Waals surface area contributed by atoms with Crippen molar-refractivity contribution in [1.29, 1.82) is 0 Å². The molecule has 1 N–H and O–H groups in total. The molecule has 0 aromatic carbocycles. The molecule has 1 fully saturated rings. The monoisotopic (exact) mass is 219 g/mol. The van der Waals surface area contributed by atoms with E-state index in [-0.39, 0.29) is 0 Å². The van der Waals surface area contributed by atoms with Crippen molar-refractivity contribution < 1.29 is 0 Å². The first-order valence-electron chi connectivity index (χ1n) is 4.64. The van der Waals surface area contributed by atoms with E-state index in [2.05, 4.69) is 25.7 Å². The molecule has 0 aromatic rings. The van der Waals surface area contributed by atoms with Crippen LogP contribution in [0.15, 0.2) is 11.6 Å². The first kappa shape index (κ1) is 11.4. The summed E-state index contributed by atoms with van der Waals surface area (Å²) in [5.41, 5.74) is 0.466. The van der Waals surface area contributed by atoms with Crippen LogP contribution in [0.1, 0.15) is 20.3 Å². The van der Waals surface area contributed by atoms with Crippen molar-refractivity contribution in [2.24, 2.45) is 5.41 Å². The minimum Gasteiger partial charge on any atom is -0.308 e. The van der Waals surface area contributed by atoms with Crippen LogP contribution in [-0.4, -0.2) is 24.1 Å². The largest absolute Gasteiger partial charge is 0.308 e. The van der Waals surface area contributed by atoms with Crippen LogP contribution >= 0.6 is 23.4 Å². The van der Waals surface area contributed by atoms with Crippen molar-refractivity contribution in [1.82, 2.24) is 5.32 Å². The molecule has 13 heavy (non-hydrogen) atoms. The van der Waals surface area contributed by atoms with Crippen LogP contribution in [0, 0.1) is 5.41 Å². The first-order chi connectivity index (χ1) is 5.99. The summed E-state index contributed by atoms with van der Waals surface area (Å²) in [5, 5.41) is 4.13. The maximum atomic E-state index is 5.70. The Morgan fingerprint density at radius 3 is 2.92 bits per heavy atom. The Labute approximate surface area is 90.3 Å². The number of halogens is 1. The number of nitrogens with one attached hydrogen (secondary N) is 1. The highest BCUT2D eigenvalue weighted by molar-refractivity contribution is 7.99. The summed E-state index contributed by atoms with van der Waals surface area (Å²) in [7, 11) is 0. The second-order valence-electron chi connectivity index (χ2n) is 4.48. The topological polar surface area (TPSA) is 12.0 Å². The zero-order valence-corrected chi connectivity index (χ0v) is 9.97. The quantitative estimate of drug-likeness (QED) is 0.784. The van der Waals surface area contributed by atoms with Crippen LogP contribution in [-0.2, 0) is 0 Å². The van der Waals surface area contributed by atoms with E-state index >= 15 is 0 Å². The van der Waals surface area contributed by atoms with Crippen molar-refractivity contribution in [2.75, 3.05) is 18.1 Å². The van der Waals surface area contributed by atoms with Gasteiger partial charge in [0.2, 0.25) is 0 Å². The van der Waals surface area contributed by atoms with Gasteiger partial charge in [-0.3, -0.25) is 0 Å². The molecule has 3 heteroatoms. The number of rotatable bonds is 3. The number of hydrogen-bond acceptors (Lipinski definition) is 2. The van der Waals surface area contributed by atoms with E-state index in [1.807, 2.05) is 11.8 Å². The van der Waals surface area contributed by atoms with Gasteiger partial charge in [-0.05, 0) is 17.6 Å². The molecule has 0 aliphatic carbocycles. The van der Waals surface area contributed by atoms with Crippen molar-refractivity contribution in [3.05, 3.63) is 11.6 Å². The van der Waals surface area contributed by atoms with Crippen molar-refractivity contribution >= 4 is 23.4 Å². The lowest BCUT2D eigenvalue weighted by molar-refractivity contribution is 0.323. The Morgan fingerprint density at radius 2 is 2.38 bits per heavy atom. The fourth-order valence-corrected chi connectivity index (χ4v) is 3.03. The summed E-state index contributed by atoms with van der Waals surface area (Å²) in [5.74, 6) is 2.47. The molecule has 1 atom stereocenters. The minimum atomic E-state index is 0.466. The minimum absolute atomic E-state index is 0.466. The highest BCUT2D eigenvalue weighted by Gasteiger charge is 2.27. The van der Waals surface area contributed by atoms with Crippen LogP contribution in [0.4, 0.5) is 0 Å². The smallest absolute Gasteiger partial charge is 0.0310 e. The van der Waals surface area contributed by atoms with E-state index in [1.54, 1.807) is 0 Å². The number of hydrogen-bond donors (Lipinski definition) is 1. The lowest BCUT2D eigenvalue weighted by Crippen LogP contribution is -2.40. The van der Waals surface area contributed by atoms with Crippen LogP contribution < -0.4 is 5.32 Å². The zero-order valence-electron chi connectivity index (χ0n) is 8.40. The number of thioether (sulfide) groups is 1.